The van der Waals surface area contributed by atoms with Crippen molar-refractivity contribution in [1.29, 1.82) is 5.26 Å². The molecule has 1 heterocycles. The van der Waals surface area contributed by atoms with Gasteiger partial charge in [0.2, 0.25) is 11.9 Å². The van der Waals surface area contributed by atoms with E-state index in [9.17, 15) is 4.79 Å². The van der Waals surface area contributed by atoms with Crippen LogP contribution in [0.5, 0.6) is 5.75 Å². The summed E-state index contributed by atoms with van der Waals surface area (Å²) in [4.78, 5) is 22.5. The Morgan fingerprint density at radius 2 is 2.33 bits per heavy atom. The summed E-state index contributed by atoms with van der Waals surface area (Å²) in [6.45, 7) is 1.63. The maximum Gasteiger partial charge on any atom is 0.256 e. The van der Waals surface area contributed by atoms with Gasteiger partial charge in [0.05, 0.1) is 36.5 Å². The van der Waals surface area contributed by atoms with E-state index < -0.39 is 5.56 Å². The van der Waals surface area contributed by atoms with Gasteiger partial charge in [-0.25, -0.2) is 4.98 Å². The van der Waals surface area contributed by atoms with E-state index in [1.54, 1.807) is 25.1 Å². The van der Waals surface area contributed by atoms with Gasteiger partial charge < -0.3 is 15.8 Å². The first-order chi connectivity index (χ1) is 11.4. The predicted octanol–water partition coefficient (Wildman–Crippen LogP) is 1.86. The number of nitrogens with two attached hydrogens (primary N) is 1. The number of guanidine groups is 1. The zero-order valence-corrected chi connectivity index (χ0v) is 13.8. The van der Waals surface area contributed by atoms with E-state index in [1.807, 2.05) is 6.07 Å². The first kappa shape index (κ1) is 17.3. The number of rotatable bonds is 4. The van der Waals surface area contributed by atoms with Crippen molar-refractivity contribution in [3.05, 3.63) is 44.8 Å². The van der Waals surface area contributed by atoms with Gasteiger partial charge >= 0.3 is 0 Å². The van der Waals surface area contributed by atoms with Crippen LogP contribution in [-0.4, -0.2) is 23.0 Å². The van der Waals surface area contributed by atoms with Crippen molar-refractivity contribution in [3.8, 4) is 11.8 Å². The molecule has 0 bridgehead atoms. The third-order valence-electron chi connectivity index (χ3n) is 3.12. The van der Waals surface area contributed by atoms with Crippen LogP contribution < -0.4 is 21.3 Å². The molecule has 24 heavy (non-hydrogen) atoms. The molecule has 4 N–H and O–H groups in total. The Morgan fingerprint density at radius 3 is 2.96 bits per heavy atom. The lowest BCUT2D eigenvalue weighted by Gasteiger charge is -2.10. The Kier molecular flexibility index (Phi) is 5.39. The van der Waals surface area contributed by atoms with E-state index in [-0.39, 0.29) is 18.3 Å². The lowest BCUT2D eigenvalue weighted by molar-refractivity contribution is 0.417. The van der Waals surface area contributed by atoms with Crippen LogP contribution in [0, 0.1) is 18.3 Å². The second kappa shape index (κ2) is 7.48. The van der Waals surface area contributed by atoms with Crippen molar-refractivity contribution < 1.29 is 4.74 Å². The van der Waals surface area contributed by atoms with Crippen LogP contribution >= 0.6 is 11.6 Å². The molecule has 0 saturated heterocycles. The molecule has 0 unspecified atom stereocenters. The number of aryl methyl sites for hydroxylation is 1. The molecule has 2 aromatic rings. The van der Waals surface area contributed by atoms with Crippen molar-refractivity contribution >= 4 is 29.2 Å². The number of hydrogen-bond donors (Lipinski definition) is 3. The van der Waals surface area contributed by atoms with Gasteiger partial charge in [0, 0.05) is 5.02 Å². The highest BCUT2D eigenvalue weighted by Crippen LogP contribution is 2.27. The Balaban J connectivity index is 2.31. The van der Waals surface area contributed by atoms with Crippen molar-refractivity contribution in [2.75, 3.05) is 12.4 Å². The molecule has 0 aliphatic rings. The average molecular weight is 347 g/mol. The predicted molar refractivity (Wildman–Crippen MR) is 91.8 cm³/mol. The highest BCUT2D eigenvalue weighted by Gasteiger charge is 2.09. The largest absolute Gasteiger partial charge is 0.495 e. The van der Waals surface area contributed by atoms with Crippen LogP contribution in [0.25, 0.3) is 0 Å². The molecule has 0 fully saturated rings. The molecule has 1 aromatic heterocycles. The minimum Gasteiger partial charge on any atom is -0.495 e. The fraction of sp³-hybridized carbons (Fsp3) is 0.200. The fourth-order valence-electron chi connectivity index (χ4n) is 1.99. The minimum absolute atomic E-state index is 0.00819. The Hall–Kier alpha value is -3.05. The van der Waals surface area contributed by atoms with Gasteiger partial charge in [-0.1, -0.05) is 11.6 Å². The van der Waals surface area contributed by atoms with Crippen LogP contribution in [0.15, 0.2) is 28.0 Å². The van der Waals surface area contributed by atoms with Crippen LogP contribution in [0.1, 0.15) is 11.3 Å². The van der Waals surface area contributed by atoms with Gasteiger partial charge in [0.25, 0.3) is 5.56 Å². The maximum absolute atomic E-state index is 11.9. The molecule has 0 radical (unpaired) electrons. The number of nitrogens with zero attached hydrogens (tertiary/aromatic N) is 3. The van der Waals surface area contributed by atoms with E-state index >= 15 is 0 Å². The van der Waals surface area contributed by atoms with E-state index in [0.29, 0.717) is 27.7 Å². The number of ether oxygens (including phenoxy) is 1. The number of nitrogens with one attached hydrogen (secondary N) is 2. The Labute approximate surface area is 143 Å². The first-order valence-corrected chi connectivity index (χ1v) is 7.24. The number of aliphatic imine (C=N–C) groups is 1. The normalized spacial score (nSPS) is 11.0. The number of benzene rings is 1. The minimum atomic E-state index is -0.420. The Morgan fingerprint density at radius 1 is 1.58 bits per heavy atom. The van der Waals surface area contributed by atoms with Crippen LogP contribution in [0.3, 0.4) is 0 Å². The molecule has 0 atom stereocenters. The number of methoxy groups -OCH3 is 1. The number of anilines is 1. The van der Waals surface area contributed by atoms with E-state index in [2.05, 4.69) is 20.3 Å². The number of hydrogen-bond acceptors (Lipinski definition) is 5. The molecule has 2 rings (SSSR count). The number of H-pyrrole nitrogens is 1. The third-order valence-corrected chi connectivity index (χ3v) is 3.35. The second-order valence-electron chi connectivity index (χ2n) is 4.76. The third kappa shape index (κ3) is 4.02. The molecule has 0 amide bonds. The standard InChI is InChI=1S/C15H15ClN6O2/c1-8-10(5-6-17)13(23)21-15(19-8)22-14(18)20-11-7-9(16)3-4-12(11)24-2/h3-4,7H,5H2,1-2H3,(H4,18,19,20,21,22,23). The molecule has 0 aliphatic heterocycles. The highest BCUT2D eigenvalue weighted by atomic mass is 35.5. The van der Waals surface area contributed by atoms with Gasteiger partial charge in [-0.15, -0.1) is 0 Å². The Bertz CT molecular complexity index is 885. The number of halogens is 1. The maximum atomic E-state index is 11.9. The molecular formula is C15H15ClN6O2. The molecular weight excluding hydrogens is 332 g/mol. The molecule has 0 aliphatic carbocycles. The number of aromatic nitrogens is 2. The summed E-state index contributed by atoms with van der Waals surface area (Å²) in [5.41, 5.74) is 6.66. The van der Waals surface area contributed by atoms with Gasteiger partial charge in [-0.3, -0.25) is 9.78 Å². The summed E-state index contributed by atoms with van der Waals surface area (Å²) in [7, 11) is 1.51. The van der Waals surface area contributed by atoms with E-state index in [1.165, 1.54) is 7.11 Å². The summed E-state index contributed by atoms with van der Waals surface area (Å²) in [5, 5.41) is 12.0. The molecule has 124 valence electrons. The van der Waals surface area contributed by atoms with Crippen molar-refractivity contribution in [2.45, 2.75) is 13.3 Å². The van der Waals surface area contributed by atoms with E-state index in [0.717, 1.165) is 0 Å². The van der Waals surface area contributed by atoms with Crippen molar-refractivity contribution in [1.82, 2.24) is 9.97 Å². The van der Waals surface area contributed by atoms with Gasteiger partial charge in [-0.2, -0.15) is 10.3 Å². The highest BCUT2D eigenvalue weighted by molar-refractivity contribution is 6.31. The fourth-order valence-corrected chi connectivity index (χ4v) is 2.17. The summed E-state index contributed by atoms with van der Waals surface area (Å²) < 4.78 is 5.20. The zero-order chi connectivity index (χ0) is 17.7. The lowest BCUT2D eigenvalue weighted by Crippen LogP contribution is -2.23. The van der Waals surface area contributed by atoms with Crippen LogP contribution in [0.2, 0.25) is 5.02 Å². The quantitative estimate of drug-likeness (QED) is 0.572. The SMILES string of the molecule is COc1ccc(Cl)cc1NC(N)=Nc1nc(C)c(CC#N)c(=O)[nH]1. The summed E-state index contributed by atoms with van der Waals surface area (Å²) >= 11 is 5.94. The first-order valence-electron chi connectivity index (χ1n) is 6.86. The van der Waals surface area contributed by atoms with Crippen molar-refractivity contribution in [2.24, 2.45) is 10.7 Å². The van der Waals surface area contributed by atoms with Crippen LogP contribution in [-0.2, 0) is 6.42 Å². The van der Waals surface area contributed by atoms with Crippen LogP contribution in [0.4, 0.5) is 11.6 Å². The molecule has 0 spiro atoms. The molecule has 0 saturated carbocycles. The second-order valence-corrected chi connectivity index (χ2v) is 5.19. The monoisotopic (exact) mass is 346 g/mol. The summed E-state index contributed by atoms with van der Waals surface area (Å²) in [6.07, 6.45) is -0.0222. The van der Waals surface area contributed by atoms with Gasteiger partial charge in [-0.05, 0) is 25.1 Å². The number of aromatic amines is 1. The zero-order valence-electron chi connectivity index (χ0n) is 13.1. The number of nitriles is 1. The summed E-state index contributed by atoms with van der Waals surface area (Å²) in [5.74, 6) is 0.552. The van der Waals surface area contributed by atoms with Crippen molar-refractivity contribution in [3.63, 3.8) is 0 Å². The topological polar surface area (TPSA) is 129 Å². The lowest BCUT2D eigenvalue weighted by atomic mass is 10.2. The van der Waals surface area contributed by atoms with E-state index in [4.69, 9.17) is 27.3 Å². The molecule has 8 nitrogen and oxygen atoms in total. The molecule has 9 heteroatoms. The van der Waals surface area contributed by atoms with Gasteiger partial charge in [0.15, 0.2) is 0 Å². The van der Waals surface area contributed by atoms with Gasteiger partial charge in [0.1, 0.15) is 5.75 Å². The summed E-state index contributed by atoms with van der Waals surface area (Å²) in [6, 6.07) is 6.90. The smallest absolute Gasteiger partial charge is 0.256 e. The molecule has 1 aromatic carbocycles. The average Bonchev–Trinajstić information content (AvgIpc) is 2.51.